The number of nitrogens with zero attached hydrogens (tertiary/aromatic N) is 1. The van der Waals surface area contributed by atoms with Gasteiger partial charge >= 0.3 is 0 Å². The maximum Gasteiger partial charge on any atom is 0.160 e. The number of aliphatic hydroxyl groups excluding tert-OH is 1. The summed E-state index contributed by atoms with van der Waals surface area (Å²) in [4.78, 5) is 1.90. The lowest BCUT2D eigenvalue weighted by molar-refractivity contribution is -0.0326. The zero-order valence-electron chi connectivity index (χ0n) is 14.1. The normalized spacial score (nSPS) is 30.9. The first-order valence-corrected chi connectivity index (χ1v) is 8.85. The number of aromatic hydroxyl groups is 1. The van der Waals surface area contributed by atoms with Crippen LogP contribution in [-0.4, -0.2) is 41.4 Å². The molecule has 1 fully saturated rings. The largest absolute Gasteiger partial charge is 0.504 e. The fourth-order valence-electron chi connectivity index (χ4n) is 4.15. The number of rotatable bonds is 3. The van der Waals surface area contributed by atoms with Crippen LogP contribution in [0.15, 0.2) is 12.1 Å². The number of phenols is 1. The van der Waals surface area contributed by atoms with E-state index >= 15 is 0 Å². The Hall–Kier alpha value is -0.910. The Morgan fingerprint density at radius 3 is 2.83 bits per heavy atom. The highest BCUT2D eigenvalue weighted by Gasteiger charge is 2.47. The molecule has 0 spiro atoms. The average Bonchev–Trinajstić information content (AvgIpc) is 2.47. The highest BCUT2D eigenvalue weighted by atomic mass is 32.1. The van der Waals surface area contributed by atoms with Crippen LogP contribution in [0.4, 0.5) is 0 Å². The van der Waals surface area contributed by atoms with Crippen molar-refractivity contribution in [3.05, 3.63) is 23.3 Å². The summed E-state index contributed by atoms with van der Waals surface area (Å²) in [6.45, 7) is 6.18. The minimum absolute atomic E-state index is 0.172. The SMILES string of the molecule is COc1cc2c(cc1O)CCN1C[C@H](CC(C)C)[C@H](O)CC21S. The molecule has 0 amide bonds. The Labute approximate surface area is 143 Å². The van der Waals surface area contributed by atoms with E-state index in [1.165, 1.54) is 0 Å². The molecule has 0 aliphatic carbocycles. The molecule has 0 aromatic heterocycles. The first kappa shape index (κ1) is 16.9. The van der Waals surface area contributed by atoms with Gasteiger partial charge in [-0.25, -0.2) is 0 Å². The molecule has 2 aliphatic heterocycles. The van der Waals surface area contributed by atoms with Gasteiger partial charge in [-0.05, 0) is 47.9 Å². The van der Waals surface area contributed by atoms with Crippen molar-refractivity contribution in [3.63, 3.8) is 0 Å². The van der Waals surface area contributed by atoms with Crippen LogP contribution in [0.1, 0.15) is 37.8 Å². The van der Waals surface area contributed by atoms with Gasteiger partial charge in [-0.1, -0.05) is 13.8 Å². The number of thiol groups is 1. The third-order valence-corrected chi connectivity index (χ3v) is 5.98. The monoisotopic (exact) mass is 337 g/mol. The number of fused-ring (bicyclic) bond motifs is 3. The molecule has 2 N–H and O–H groups in total. The fraction of sp³-hybridized carbons (Fsp3) is 0.667. The van der Waals surface area contributed by atoms with Gasteiger partial charge in [-0.3, -0.25) is 4.90 Å². The lowest BCUT2D eigenvalue weighted by Crippen LogP contribution is -2.56. The summed E-state index contributed by atoms with van der Waals surface area (Å²) in [5.41, 5.74) is 2.16. The second-order valence-electron chi connectivity index (χ2n) is 7.35. The van der Waals surface area contributed by atoms with Gasteiger partial charge in [0.25, 0.3) is 0 Å². The van der Waals surface area contributed by atoms with E-state index in [0.717, 1.165) is 37.1 Å². The molecule has 0 bridgehead atoms. The van der Waals surface area contributed by atoms with Crippen LogP contribution in [0, 0.1) is 11.8 Å². The van der Waals surface area contributed by atoms with Crippen LogP contribution in [0.3, 0.4) is 0 Å². The summed E-state index contributed by atoms with van der Waals surface area (Å²) >= 11 is 4.99. The topological polar surface area (TPSA) is 52.9 Å². The summed E-state index contributed by atoms with van der Waals surface area (Å²) < 4.78 is 5.27. The van der Waals surface area contributed by atoms with Gasteiger partial charge in [-0.15, -0.1) is 0 Å². The van der Waals surface area contributed by atoms with Crippen molar-refractivity contribution in [2.24, 2.45) is 11.8 Å². The molecule has 3 rings (SSSR count). The highest BCUT2D eigenvalue weighted by molar-refractivity contribution is 7.81. The van der Waals surface area contributed by atoms with Gasteiger partial charge in [0.05, 0.1) is 18.1 Å². The lowest BCUT2D eigenvalue weighted by Gasteiger charge is -2.52. The van der Waals surface area contributed by atoms with Crippen molar-refractivity contribution in [2.75, 3.05) is 20.2 Å². The van der Waals surface area contributed by atoms with E-state index < -0.39 is 4.87 Å². The van der Waals surface area contributed by atoms with Crippen molar-refractivity contribution >= 4 is 12.6 Å². The first-order chi connectivity index (χ1) is 10.8. The fourth-order valence-corrected chi connectivity index (χ4v) is 4.72. The maximum absolute atomic E-state index is 10.7. The van der Waals surface area contributed by atoms with Crippen molar-refractivity contribution < 1.29 is 14.9 Å². The predicted molar refractivity (Wildman–Crippen MR) is 94.2 cm³/mol. The van der Waals surface area contributed by atoms with E-state index in [1.807, 2.05) is 6.07 Å². The molecule has 2 aliphatic rings. The van der Waals surface area contributed by atoms with Gasteiger partial charge in [0.1, 0.15) is 0 Å². The molecule has 23 heavy (non-hydrogen) atoms. The Balaban J connectivity index is 1.95. The van der Waals surface area contributed by atoms with Crippen molar-refractivity contribution in [1.82, 2.24) is 4.90 Å². The number of ether oxygens (including phenoxy) is 1. The Morgan fingerprint density at radius 1 is 1.43 bits per heavy atom. The number of piperidine rings is 1. The molecule has 2 heterocycles. The molecular formula is C18H27NO3S. The van der Waals surface area contributed by atoms with Gasteiger partial charge in [0.2, 0.25) is 0 Å². The van der Waals surface area contributed by atoms with Crippen LogP contribution in [0.2, 0.25) is 0 Å². The van der Waals surface area contributed by atoms with E-state index in [2.05, 4.69) is 18.7 Å². The molecule has 1 unspecified atom stereocenters. The lowest BCUT2D eigenvalue weighted by atomic mass is 9.78. The summed E-state index contributed by atoms with van der Waals surface area (Å²) in [5.74, 6) is 1.52. The van der Waals surface area contributed by atoms with E-state index in [4.69, 9.17) is 17.4 Å². The third-order valence-electron chi connectivity index (χ3n) is 5.28. The van der Waals surface area contributed by atoms with Crippen LogP contribution in [0.25, 0.3) is 0 Å². The second kappa shape index (κ2) is 6.19. The standard InChI is InChI=1S/C18H27NO3S/c1-11(2)6-13-10-19-5-4-12-7-15(20)17(22-3)8-14(12)18(19,23)9-16(13)21/h7-8,11,13,16,20-21,23H,4-6,9-10H2,1-3H3/t13-,16+,18?/m0/s1. The number of phenolic OH excluding ortho intramolecular Hbond substituents is 1. The number of hydrogen-bond acceptors (Lipinski definition) is 5. The molecule has 0 radical (unpaired) electrons. The second-order valence-corrected chi connectivity index (χ2v) is 8.09. The summed E-state index contributed by atoms with van der Waals surface area (Å²) in [5, 5.41) is 20.7. The molecule has 1 aromatic carbocycles. The molecule has 1 aromatic rings. The van der Waals surface area contributed by atoms with Gasteiger partial charge in [-0.2, -0.15) is 12.6 Å². The van der Waals surface area contributed by atoms with Gasteiger partial charge in [0.15, 0.2) is 11.5 Å². The van der Waals surface area contributed by atoms with Gasteiger partial charge in [0, 0.05) is 19.5 Å². The molecular weight excluding hydrogens is 310 g/mol. The summed E-state index contributed by atoms with van der Waals surface area (Å²) in [6.07, 6.45) is 2.18. The predicted octanol–water partition coefficient (Wildman–Crippen LogP) is 2.77. The Morgan fingerprint density at radius 2 is 2.17 bits per heavy atom. The molecule has 1 saturated heterocycles. The quantitative estimate of drug-likeness (QED) is 0.743. The van der Waals surface area contributed by atoms with Crippen LogP contribution >= 0.6 is 12.6 Å². The minimum Gasteiger partial charge on any atom is -0.504 e. The van der Waals surface area contributed by atoms with E-state index in [1.54, 1.807) is 13.2 Å². The number of aliphatic hydroxyl groups is 1. The number of methoxy groups -OCH3 is 1. The van der Waals surface area contributed by atoms with E-state index in [-0.39, 0.29) is 11.9 Å². The highest BCUT2D eigenvalue weighted by Crippen LogP contribution is 2.49. The smallest absolute Gasteiger partial charge is 0.160 e. The summed E-state index contributed by atoms with van der Waals surface area (Å²) in [6, 6.07) is 3.68. The molecule has 4 nitrogen and oxygen atoms in total. The van der Waals surface area contributed by atoms with Crippen molar-refractivity contribution in [3.8, 4) is 11.5 Å². The molecule has 0 saturated carbocycles. The maximum atomic E-state index is 10.7. The first-order valence-electron chi connectivity index (χ1n) is 8.41. The van der Waals surface area contributed by atoms with E-state index in [0.29, 0.717) is 24.0 Å². The number of benzene rings is 1. The van der Waals surface area contributed by atoms with E-state index in [9.17, 15) is 10.2 Å². The zero-order chi connectivity index (χ0) is 16.8. The Bertz CT molecular complexity index is 592. The molecule has 128 valence electrons. The summed E-state index contributed by atoms with van der Waals surface area (Å²) in [7, 11) is 1.56. The Kier molecular flexibility index (Phi) is 4.55. The van der Waals surface area contributed by atoms with Crippen molar-refractivity contribution in [1.29, 1.82) is 0 Å². The van der Waals surface area contributed by atoms with Crippen molar-refractivity contribution in [2.45, 2.75) is 44.1 Å². The van der Waals surface area contributed by atoms with Crippen LogP contribution < -0.4 is 4.74 Å². The molecule has 3 atom stereocenters. The molecule has 5 heteroatoms. The average molecular weight is 337 g/mol. The zero-order valence-corrected chi connectivity index (χ0v) is 15.0. The minimum atomic E-state index is -0.485. The third kappa shape index (κ3) is 2.94. The van der Waals surface area contributed by atoms with Gasteiger partial charge < -0.3 is 14.9 Å². The number of hydrogen-bond donors (Lipinski definition) is 3. The van der Waals surface area contributed by atoms with Crippen LogP contribution in [0.5, 0.6) is 11.5 Å². The van der Waals surface area contributed by atoms with Crippen LogP contribution in [-0.2, 0) is 11.3 Å².